The summed E-state index contributed by atoms with van der Waals surface area (Å²) >= 11 is 0. The molecule has 0 aromatic heterocycles. The summed E-state index contributed by atoms with van der Waals surface area (Å²) in [6, 6.07) is 8.03. The van der Waals surface area contributed by atoms with Crippen molar-refractivity contribution in [3.8, 4) is 5.75 Å². The summed E-state index contributed by atoms with van der Waals surface area (Å²) < 4.78 is 5.34. The summed E-state index contributed by atoms with van der Waals surface area (Å²) in [5.74, 6) is 0.991. The van der Waals surface area contributed by atoms with Gasteiger partial charge >= 0.3 is 19.5 Å². The van der Waals surface area contributed by atoms with Crippen molar-refractivity contribution < 1.29 is 35.2 Å². The molecule has 3 nitrogen and oxygen atoms in total. The van der Waals surface area contributed by atoms with Crippen LogP contribution in [0.1, 0.15) is 5.56 Å². The van der Waals surface area contributed by atoms with Crippen molar-refractivity contribution in [2.75, 3.05) is 6.61 Å². The molecule has 0 unspecified atom stereocenters. The molecule has 13 heavy (non-hydrogen) atoms. The molecule has 1 aliphatic heterocycles. The molecule has 0 bridgehead atoms. The smallest absolute Gasteiger partial charge is 0.870 e. The van der Waals surface area contributed by atoms with Gasteiger partial charge in [0.2, 0.25) is 0 Å². The van der Waals surface area contributed by atoms with E-state index in [-0.39, 0.29) is 30.4 Å². The van der Waals surface area contributed by atoms with Gasteiger partial charge in [0.05, 0.1) is 0 Å². The zero-order valence-corrected chi connectivity index (χ0v) is 10.1. The topological polar surface area (TPSA) is 69.2 Å². The molecule has 66 valence electrons. The Morgan fingerprint density at radius 1 is 1.08 bits per heavy atom. The van der Waals surface area contributed by atoms with Gasteiger partial charge in [-0.2, -0.15) is 0 Å². The molecule has 2 N–H and O–H groups in total. The molecule has 0 amide bonds. The minimum Gasteiger partial charge on any atom is -0.870 e. The molecule has 0 aliphatic carbocycles. The Kier molecular flexibility index (Phi) is 7.72. The van der Waals surface area contributed by atoms with Crippen LogP contribution in [0.4, 0.5) is 0 Å². The number of para-hydroxylation sites is 1. The van der Waals surface area contributed by atoms with E-state index in [2.05, 4.69) is 6.08 Å². The Morgan fingerprint density at radius 2 is 1.77 bits per heavy atom. The van der Waals surface area contributed by atoms with Gasteiger partial charge in [0.25, 0.3) is 0 Å². The maximum atomic E-state index is 5.34. The molecule has 0 saturated heterocycles. The van der Waals surface area contributed by atoms with E-state index in [1.54, 1.807) is 0 Å². The fourth-order valence-electron chi connectivity index (χ4n) is 1.06. The third-order valence-electron chi connectivity index (χ3n) is 1.55. The normalized spacial score (nSPS) is 10.8. The second-order valence-corrected chi connectivity index (χ2v) is 2.25. The number of hydrogen-bond donors (Lipinski definition) is 0. The van der Waals surface area contributed by atoms with Crippen molar-refractivity contribution in [1.29, 1.82) is 0 Å². The molecule has 1 heterocycles. The second kappa shape index (κ2) is 6.78. The van der Waals surface area contributed by atoms with Crippen molar-refractivity contribution in [3.63, 3.8) is 0 Å². The maximum absolute atomic E-state index is 5.34. The maximum Gasteiger partial charge on any atom is 2.00 e. The van der Waals surface area contributed by atoms with Crippen molar-refractivity contribution in [3.05, 3.63) is 35.9 Å². The van der Waals surface area contributed by atoms with Crippen molar-refractivity contribution in [2.24, 2.45) is 0 Å². The first-order valence-corrected chi connectivity index (χ1v) is 3.35. The summed E-state index contributed by atoms with van der Waals surface area (Å²) in [5.41, 5.74) is 1.17. The van der Waals surface area contributed by atoms with E-state index in [0.717, 1.165) is 5.75 Å². The van der Waals surface area contributed by atoms with Gasteiger partial charge in [-0.1, -0.05) is 24.3 Å². The molecule has 0 saturated carbocycles. The second-order valence-electron chi connectivity index (χ2n) is 2.25. The Morgan fingerprint density at radius 3 is 2.46 bits per heavy atom. The molecule has 0 fully saturated rings. The van der Waals surface area contributed by atoms with Gasteiger partial charge in [-0.3, -0.25) is 0 Å². The quantitative estimate of drug-likeness (QED) is 0.639. The Balaban J connectivity index is 0. The van der Waals surface area contributed by atoms with Crippen molar-refractivity contribution in [2.45, 2.75) is 0 Å². The fourth-order valence-corrected chi connectivity index (χ4v) is 1.06. The zero-order valence-electron chi connectivity index (χ0n) is 7.18. The molecule has 2 rings (SSSR count). The summed E-state index contributed by atoms with van der Waals surface area (Å²) in [4.78, 5) is 0. The molecule has 1 aliphatic rings. The van der Waals surface area contributed by atoms with Gasteiger partial charge < -0.3 is 15.7 Å². The molecule has 4 heteroatoms. The van der Waals surface area contributed by atoms with Crippen LogP contribution in [0, 0.1) is 0 Å². The fraction of sp³-hybridized carbons (Fsp3) is 0.111. The first-order valence-electron chi connectivity index (χ1n) is 3.35. The van der Waals surface area contributed by atoms with E-state index in [9.17, 15) is 0 Å². The average molecular weight is 232 g/mol. The average Bonchev–Trinajstić information content (AvgIpc) is 2.05. The summed E-state index contributed by atoms with van der Waals surface area (Å²) in [6.07, 6.45) is 4.10. The molecular formula is C9H10O3Zn. The van der Waals surface area contributed by atoms with E-state index in [1.807, 2.05) is 30.3 Å². The van der Waals surface area contributed by atoms with Crippen molar-refractivity contribution in [1.82, 2.24) is 0 Å². The van der Waals surface area contributed by atoms with Crippen LogP contribution in [0.25, 0.3) is 6.08 Å². The Bertz CT molecular complexity index is 273. The zero-order chi connectivity index (χ0) is 6.81. The number of benzene rings is 1. The van der Waals surface area contributed by atoms with E-state index < -0.39 is 0 Å². The summed E-state index contributed by atoms with van der Waals surface area (Å²) in [5, 5.41) is 0. The minimum absolute atomic E-state index is 0. The van der Waals surface area contributed by atoms with Crippen LogP contribution >= 0.6 is 0 Å². The van der Waals surface area contributed by atoms with E-state index in [4.69, 9.17) is 4.74 Å². The van der Waals surface area contributed by atoms with Crippen LogP contribution in [0.2, 0.25) is 0 Å². The molecule has 0 radical (unpaired) electrons. The summed E-state index contributed by atoms with van der Waals surface area (Å²) in [7, 11) is 0. The van der Waals surface area contributed by atoms with Crippen LogP contribution in [-0.2, 0) is 19.5 Å². The first kappa shape index (κ1) is 14.8. The molecule has 1 aromatic carbocycles. The van der Waals surface area contributed by atoms with Gasteiger partial charge in [0, 0.05) is 5.56 Å². The van der Waals surface area contributed by atoms with Gasteiger partial charge in [0.1, 0.15) is 12.4 Å². The molecule has 0 spiro atoms. The van der Waals surface area contributed by atoms with Crippen LogP contribution in [-0.4, -0.2) is 17.6 Å². The number of fused-ring (bicyclic) bond motifs is 1. The van der Waals surface area contributed by atoms with Crippen LogP contribution in [0.15, 0.2) is 30.3 Å². The van der Waals surface area contributed by atoms with Crippen molar-refractivity contribution >= 4 is 6.08 Å². The van der Waals surface area contributed by atoms with Crippen LogP contribution in [0.3, 0.4) is 0 Å². The summed E-state index contributed by atoms with van der Waals surface area (Å²) in [6.45, 7) is 0.705. The van der Waals surface area contributed by atoms with Gasteiger partial charge in [0.15, 0.2) is 0 Å². The molecular weight excluding hydrogens is 221 g/mol. The number of ether oxygens (including phenoxy) is 1. The predicted molar refractivity (Wildman–Crippen MR) is 44.8 cm³/mol. The molecule has 0 atom stereocenters. The van der Waals surface area contributed by atoms with E-state index in [1.165, 1.54) is 5.56 Å². The third-order valence-corrected chi connectivity index (χ3v) is 1.55. The first-order chi connectivity index (χ1) is 4.97. The largest absolute Gasteiger partial charge is 2.00 e. The third kappa shape index (κ3) is 3.27. The monoisotopic (exact) mass is 230 g/mol. The molecule has 1 aromatic rings. The van der Waals surface area contributed by atoms with Gasteiger partial charge in [-0.05, 0) is 12.1 Å². The van der Waals surface area contributed by atoms with Crippen LogP contribution in [0.5, 0.6) is 5.75 Å². The Labute approximate surface area is 89.8 Å². The Hall–Kier alpha value is -0.697. The number of hydrogen-bond acceptors (Lipinski definition) is 3. The minimum atomic E-state index is 0. The van der Waals surface area contributed by atoms with Gasteiger partial charge in [-0.15, -0.1) is 0 Å². The van der Waals surface area contributed by atoms with E-state index >= 15 is 0 Å². The standard InChI is InChI=1S/C9H8O.2H2O.Zn/c1-2-6-9-8(4-1)5-3-7-10-9;;;/h1-6H,7H2;2*1H2;/q;;;+2/p-2. The van der Waals surface area contributed by atoms with Crippen LogP contribution < -0.4 is 4.74 Å². The van der Waals surface area contributed by atoms with Gasteiger partial charge in [-0.25, -0.2) is 0 Å². The predicted octanol–water partition coefficient (Wildman–Crippen LogP) is 1.74. The number of rotatable bonds is 0. The van der Waals surface area contributed by atoms with E-state index in [0.29, 0.717) is 6.61 Å². The SMILES string of the molecule is C1=Cc2ccccc2OC1.[OH-].[OH-].[Zn+2].